The predicted octanol–water partition coefficient (Wildman–Crippen LogP) is 0.644. The average Bonchev–Trinajstić information content (AvgIpc) is 2.34. The molecule has 4 nitrogen and oxygen atoms in total. The van der Waals surface area contributed by atoms with Crippen molar-refractivity contribution in [3.05, 3.63) is 29.3 Å². The maximum atomic E-state index is 11.6. The molecule has 92 valence electrons. The Morgan fingerprint density at radius 1 is 1.41 bits per heavy atom. The number of fused-ring (bicyclic) bond motifs is 1. The molecule has 0 spiro atoms. The molecular weight excluding hydrogens is 214 g/mol. The zero-order valence-electron chi connectivity index (χ0n) is 10.2. The van der Waals surface area contributed by atoms with Gasteiger partial charge in [0, 0.05) is 32.4 Å². The molecule has 0 unspecified atom stereocenters. The number of aryl methyl sites for hydroxylation is 1. The summed E-state index contributed by atoms with van der Waals surface area (Å²) in [5, 5.41) is 3.11. The summed E-state index contributed by atoms with van der Waals surface area (Å²) in [7, 11) is 1.84. The number of carbonyl (C=O) groups excluding carboxylic acids is 1. The summed E-state index contributed by atoms with van der Waals surface area (Å²) in [6, 6.07) is 6.34. The number of benzene rings is 1. The lowest BCUT2D eigenvalue weighted by molar-refractivity contribution is -0.118. The second-order valence-corrected chi connectivity index (χ2v) is 4.37. The highest BCUT2D eigenvalue weighted by Gasteiger charge is 2.20. The number of anilines is 1. The quantitative estimate of drug-likeness (QED) is 0.593. The molecule has 0 saturated carbocycles. The van der Waals surface area contributed by atoms with E-state index >= 15 is 0 Å². The Bertz CT molecular complexity index is 417. The van der Waals surface area contributed by atoms with Crippen LogP contribution >= 0.6 is 0 Å². The number of hydrogen-bond acceptors (Lipinski definition) is 3. The molecule has 0 aliphatic carbocycles. The molecule has 0 bridgehead atoms. The number of carbonyl (C=O) groups is 1. The van der Waals surface area contributed by atoms with Crippen LogP contribution in [0.4, 0.5) is 5.69 Å². The molecule has 3 N–H and O–H groups in total. The molecule has 4 heteroatoms. The van der Waals surface area contributed by atoms with Gasteiger partial charge < -0.3 is 16.0 Å². The summed E-state index contributed by atoms with van der Waals surface area (Å²) in [6.07, 6.45) is 2.45. The molecule has 1 aliphatic heterocycles. The van der Waals surface area contributed by atoms with E-state index in [1.54, 1.807) is 4.90 Å². The SMILES string of the molecule is CN1C(=O)CCc2cc(CCNCN)ccc21. The first-order valence-corrected chi connectivity index (χ1v) is 6.01. The van der Waals surface area contributed by atoms with Gasteiger partial charge in [0.1, 0.15) is 0 Å². The van der Waals surface area contributed by atoms with Gasteiger partial charge in [0.15, 0.2) is 0 Å². The summed E-state index contributed by atoms with van der Waals surface area (Å²) in [4.78, 5) is 13.3. The van der Waals surface area contributed by atoms with E-state index in [-0.39, 0.29) is 5.91 Å². The number of nitrogens with one attached hydrogen (secondary N) is 1. The zero-order chi connectivity index (χ0) is 12.3. The Morgan fingerprint density at radius 2 is 2.24 bits per heavy atom. The van der Waals surface area contributed by atoms with E-state index in [2.05, 4.69) is 17.4 Å². The zero-order valence-corrected chi connectivity index (χ0v) is 10.2. The van der Waals surface area contributed by atoms with Crippen molar-refractivity contribution < 1.29 is 4.79 Å². The smallest absolute Gasteiger partial charge is 0.227 e. The van der Waals surface area contributed by atoms with Gasteiger partial charge in [-0.05, 0) is 30.0 Å². The van der Waals surface area contributed by atoms with Crippen molar-refractivity contribution in [2.24, 2.45) is 5.73 Å². The van der Waals surface area contributed by atoms with Gasteiger partial charge in [-0.25, -0.2) is 0 Å². The normalized spacial score (nSPS) is 14.9. The molecule has 17 heavy (non-hydrogen) atoms. The van der Waals surface area contributed by atoms with Gasteiger partial charge in [-0.1, -0.05) is 12.1 Å². The lowest BCUT2D eigenvalue weighted by Gasteiger charge is -2.26. The van der Waals surface area contributed by atoms with Crippen LogP contribution in [-0.2, 0) is 17.6 Å². The van der Waals surface area contributed by atoms with Crippen LogP contribution in [0.3, 0.4) is 0 Å². The van der Waals surface area contributed by atoms with E-state index in [0.29, 0.717) is 13.1 Å². The molecule has 0 atom stereocenters. The third-order valence-electron chi connectivity index (χ3n) is 3.22. The monoisotopic (exact) mass is 233 g/mol. The van der Waals surface area contributed by atoms with Crippen LogP contribution in [0.15, 0.2) is 18.2 Å². The van der Waals surface area contributed by atoms with Crippen LogP contribution in [0.1, 0.15) is 17.5 Å². The highest BCUT2D eigenvalue weighted by Crippen LogP contribution is 2.27. The van der Waals surface area contributed by atoms with Crippen LogP contribution in [0.2, 0.25) is 0 Å². The molecule has 1 aromatic rings. The van der Waals surface area contributed by atoms with Crippen molar-refractivity contribution in [3.63, 3.8) is 0 Å². The Balaban J connectivity index is 2.12. The van der Waals surface area contributed by atoms with Gasteiger partial charge in [0.05, 0.1) is 0 Å². The minimum atomic E-state index is 0.204. The second-order valence-electron chi connectivity index (χ2n) is 4.37. The lowest BCUT2D eigenvalue weighted by Crippen LogP contribution is -2.31. The fraction of sp³-hybridized carbons (Fsp3) is 0.462. The molecule has 1 heterocycles. The van der Waals surface area contributed by atoms with Gasteiger partial charge in [-0.2, -0.15) is 0 Å². The van der Waals surface area contributed by atoms with E-state index in [1.165, 1.54) is 11.1 Å². The largest absolute Gasteiger partial charge is 0.318 e. The number of nitrogens with zero attached hydrogens (tertiary/aromatic N) is 1. The minimum absolute atomic E-state index is 0.204. The summed E-state index contributed by atoms with van der Waals surface area (Å²) in [5.74, 6) is 0.204. The number of hydrogen-bond donors (Lipinski definition) is 2. The maximum absolute atomic E-state index is 11.6. The van der Waals surface area contributed by atoms with Gasteiger partial charge in [-0.15, -0.1) is 0 Å². The number of amides is 1. The van der Waals surface area contributed by atoms with Gasteiger partial charge >= 0.3 is 0 Å². The first-order chi connectivity index (χ1) is 8.22. The standard InChI is InChI=1S/C13H19N3O/c1-16-12-4-2-10(6-7-15-9-14)8-11(12)3-5-13(16)17/h2,4,8,15H,3,5-7,9,14H2,1H3. The molecule has 0 fully saturated rings. The molecule has 0 saturated heterocycles. The summed E-state index contributed by atoms with van der Waals surface area (Å²) < 4.78 is 0. The predicted molar refractivity (Wildman–Crippen MR) is 68.9 cm³/mol. The fourth-order valence-electron chi connectivity index (χ4n) is 2.20. The molecule has 1 aromatic carbocycles. The van der Waals surface area contributed by atoms with Crippen molar-refractivity contribution in [1.82, 2.24) is 5.32 Å². The summed E-state index contributed by atoms with van der Waals surface area (Å²) >= 11 is 0. The summed E-state index contributed by atoms with van der Waals surface area (Å²) in [5.41, 5.74) is 9.01. The van der Waals surface area contributed by atoms with Gasteiger partial charge in [-0.3, -0.25) is 4.79 Å². The van der Waals surface area contributed by atoms with Crippen LogP contribution in [-0.4, -0.2) is 26.2 Å². The van der Waals surface area contributed by atoms with E-state index in [4.69, 9.17) is 5.73 Å². The van der Waals surface area contributed by atoms with E-state index in [9.17, 15) is 4.79 Å². The topological polar surface area (TPSA) is 58.4 Å². The number of rotatable bonds is 4. The van der Waals surface area contributed by atoms with E-state index in [0.717, 1.165) is 25.1 Å². The Labute approximate surface area is 102 Å². The minimum Gasteiger partial charge on any atom is -0.318 e. The first kappa shape index (κ1) is 12.1. The summed E-state index contributed by atoms with van der Waals surface area (Å²) in [6.45, 7) is 1.41. The Morgan fingerprint density at radius 3 is 3.00 bits per heavy atom. The van der Waals surface area contributed by atoms with Crippen LogP contribution in [0.25, 0.3) is 0 Å². The third-order valence-corrected chi connectivity index (χ3v) is 3.22. The van der Waals surface area contributed by atoms with Gasteiger partial charge in [0.25, 0.3) is 0 Å². The molecule has 1 aliphatic rings. The van der Waals surface area contributed by atoms with Crippen molar-refractivity contribution in [1.29, 1.82) is 0 Å². The Kier molecular flexibility index (Phi) is 3.76. The van der Waals surface area contributed by atoms with Crippen LogP contribution in [0, 0.1) is 0 Å². The highest BCUT2D eigenvalue weighted by atomic mass is 16.2. The van der Waals surface area contributed by atoms with Crippen molar-refractivity contribution in [3.8, 4) is 0 Å². The fourth-order valence-corrected chi connectivity index (χ4v) is 2.20. The lowest BCUT2D eigenvalue weighted by atomic mass is 9.98. The second kappa shape index (κ2) is 5.29. The Hall–Kier alpha value is -1.39. The van der Waals surface area contributed by atoms with Gasteiger partial charge in [0.2, 0.25) is 5.91 Å². The molecule has 0 radical (unpaired) electrons. The highest BCUT2D eigenvalue weighted by molar-refractivity contribution is 5.95. The third kappa shape index (κ3) is 2.65. The van der Waals surface area contributed by atoms with Crippen LogP contribution < -0.4 is 16.0 Å². The molecule has 2 rings (SSSR count). The van der Waals surface area contributed by atoms with E-state index < -0.39 is 0 Å². The first-order valence-electron chi connectivity index (χ1n) is 6.01. The van der Waals surface area contributed by atoms with Crippen molar-refractivity contribution >= 4 is 11.6 Å². The molecular formula is C13H19N3O. The number of nitrogens with two attached hydrogens (primary N) is 1. The van der Waals surface area contributed by atoms with Crippen molar-refractivity contribution in [2.45, 2.75) is 19.3 Å². The van der Waals surface area contributed by atoms with E-state index in [1.807, 2.05) is 13.1 Å². The molecule has 1 amide bonds. The maximum Gasteiger partial charge on any atom is 0.227 e. The average molecular weight is 233 g/mol. The molecule has 0 aromatic heterocycles. The van der Waals surface area contributed by atoms with Crippen LogP contribution in [0.5, 0.6) is 0 Å². The van der Waals surface area contributed by atoms with Crippen molar-refractivity contribution in [2.75, 3.05) is 25.2 Å².